The number of phenolic OH excluding ortho intramolecular Hbond substituents is 1. The highest BCUT2D eigenvalue weighted by molar-refractivity contribution is 5.36. The summed E-state index contributed by atoms with van der Waals surface area (Å²) < 4.78 is 2.19. The van der Waals surface area contributed by atoms with Gasteiger partial charge in [-0.15, -0.1) is 0 Å². The van der Waals surface area contributed by atoms with Crippen molar-refractivity contribution in [1.29, 1.82) is 0 Å². The van der Waals surface area contributed by atoms with Crippen molar-refractivity contribution in [2.24, 2.45) is 0 Å². The number of pyridine rings is 1. The number of fused-ring (bicyclic) bond motifs is 1. The zero-order chi connectivity index (χ0) is 14.8. The summed E-state index contributed by atoms with van der Waals surface area (Å²) in [4.78, 5) is 0. The van der Waals surface area contributed by atoms with Crippen molar-refractivity contribution in [2.75, 3.05) is 0 Å². The molecule has 22 heavy (non-hydrogen) atoms. The zero-order valence-corrected chi connectivity index (χ0v) is 13.6. The molecule has 1 unspecified atom stereocenters. The number of aromatic nitrogens is 1. The molecule has 2 N–H and O–H groups in total. The van der Waals surface area contributed by atoms with Crippen LogP contribution in [0.25, 0.3) is 0 Å². The van der Waals surface area contributed by atoms with E-state index in [4.69, 9.17) is 0 Å². The fourth-order valence-corrected chi connectivity index (χ4v) is 3.19. The minimum Gasteiger partial charge on any atom is -1.00 e. The fourth-order valence-electron chi connectivity index (χ4n) is 3.19. The molecule has 3 nitrogen and oxygen atoms in total. The molecule has 1 aromatic heterocycles. The second-order valence-corrected chi connectivity index (χ2v) is 5.97. The van der Waals surface area contributed by atoms with Crippen LogP contribution in [0.15, 0.2) is 36.7 Å². The van der Waals surface area contributed by atoms with Crippen molar-refractivity contribution in [3.63, 3.8) is 0 Å². The Morgan fingerprint density at radius 2 is 1.91 bits per heavy atom. The number of aliphatic hydroxyl groups is 1. The molecule has 0 saturated heterocycles. The summed E-state index contributed by atoms with van der Waals surface area (Å²) in [5.74, 6) is 0.895. The molecular weight excluding hydrogens is 298 g/mol. The Labute approximate surface area is 137 Å². The average molecular weight is 320 g/mol. The Hall–Kier alpha value is -1.58. The molecule has 1 aliphatic rings. The largest absolute Gasteiger partial charge is 1.00 e. The van der Waals surface area contributed by atoms with Crippen LogP contribution in [0.2, 0.25) is 0 Å². The van der Waals surface area contributed by atoms with E-state index in [1.807, 2.05) is 12.1 Å². The SMILES string of the molecule is CC1CCc2c(CO)c[n+](CCc3ccc(O)cc3)cc21.[Cl-]. The molecule has 1 atom stereocenters. The van der Waals surface area contributed by atoms with E-state index in [9.17, 15) is 10.2 Å². The van der Waals surface area contributed by atoms with Gasteiger partial charge in [-0.25, -0.2) is 4.57 Å². The summed E-state index contributed by atoms with van der Waals surface area (Å²) in [7, 11) is 0. The highest BCUT2D eigenvalue weighted by Gasteiger charge is 2.25. The lowest BCUT2D eigenvalue weighted by molar-refractivity contribution is -0.697. The van der Waals surface area contributed by atoms with E-state index in [2.05, 4.69) is 23.9 Å². The van der Waals surface area contributed by atoms with E-state index in [0.29, 0.717) is 11.7 Å². The maximum atomic E-state index is 9.59. The first-order valence-corrected chi connectivity index (χ1v) is 7.61. The molecule has 1 aromatic carbocycles. The second-order valence-electron chi connectivity index (χ2n) is 5.97. The highest BCUT2D eigenvalue weighted by atomic mass is 35.5. The molecular formula is C18H22ClNO2. The van der Waals surface area contributed by atoms with Gasteiger partial charge in [-0.2, -0.15) is 0 Å². The van der Waals surface area contributed by atoms with Crippen LogP contribution in [0, 0.1) is 0 Å². The molecule has 0 amide bonds. The molecule has 118 valence electrons. The van der Waals surface area contributed by atoms with E-state index in [1.165, 1.54) is 23.1 Å². The lowest BCUT2D eigenvalue weighted by atomic mass is 10.0. The van der Waals surface area contributed by atoms with Crippen molar-refractivity contribution in [3.05, 3.63) is 58.9 Å². The third kappa shape index (κ3) is 3.42. The minimum atomic E-state index is 0. The molecule has 0 bridgehead atoms. The van der Waals surface area contributed by atoms with Gasteiger partial charge in [0.25, 0.3) is 0 Å². The van der Waals surface area contributed by atoms with Crippen molar-refractivity contribution < 1.29 is 27.2 Å². The maximum absolute atomic E-state index is 9.59. The zero-order valence-electron chi connectivity index (χ0n) is 12.8. The van der Waals surface area contributed by atoms with Crippen LogP contribution < -0.4 is 17.0 Å². The number of aliphatic hydroxyl groups excluding tert-OH is 1. The molecule has 0 aliphatic heterocycles. The van der Waals surface area contributed by atoms with Crippen molar-refractivity contribution in [1.82, 2.24) is 0 Å². The highest BCUT2D eigenvalue weighted by Crippen LogP contribution is 2.33. The predicted molar refractivity (Wildman–Crippen MR) is 81.1 cm³/mol. The quantitative estimate of drug-likeness (QED) is 0.744. The number of aryl methyl sites for hydroxylation is 2. The number of benzene rings is 1. The van der Waals surface area contributed by atoms with Crippen LogP contribution in [0.3, 0.4) is 0 Å². The van der Waals surface area contributed by atoms with Gasteiger partial charge in [0.1, 0.15) is 5.75 Å². The van der Waals surface area contributed by atoms with Crippen molar-refractivity contribution in [3.8, 4) is 5.75 Å². The van der Waals surface area contributed by atoms with Crippen LogP contribution in [-0.4, -0.2) is 10.2 Å². The van der Waals surface area contributed by atoms with E-state index >= 15 is 0 Å². The fraction of sp³-hybridized carbons (Fsp3) is 0.389. The van der Waals surface area contributed by atoms with Gasteiger partial charge in [0.15, 0.2) is 18.9 Å². The van der Waals surface area contributed by atoms with Gasteiger partial charge < -0.3 is 22.6 Å². The van der Waals surface area contributed by atoms with Crippen LogP contribution in [-0.2, 0) is 26.0 Å². The lowest BCUT2D eigenvalue weighted by Crippen LogP contribution is -3.00. The van der Waals surface area contributed by atoms with Crippen LogP contribution in [0.5, 0.6) is 5.75 Å². The number of halogens is 1. The van der Waals surface area contributed by atoms with Gasteiger partial charge in [0.2, 0.25) is 0 Å². The van der Waals surface area contributed by atoms with Gasteiger partial charge in [-0.3, -0.25) is 0 Å². The van der Waals surface area contributed by atoms with Crippen LogP contribution >= 0.6 is 0 Å². The summed E-state index contributed by atoms with van der Waals surface area (Å²) in [6.45, 7) is 3.27. The standard InChI is InChI=1S/C18H21NO2.ClH/c1-13-2-7-17-15(12-20)10-19(11-18(13)17)9-8-14-3-5-16(21)6-4-14;/h3-6,10-11,13,20H,2,7-9,12H2,1H3;1H. The Bertz CT molecular complexity index is 640. The van der Waals surface area contributed by atoms with E-state index < -0.39 is 0 Å². The Balaban J connectivity index is 0.00000176. The number of hydrogen-bond donors (Lipinski definition) is 2. The van der Waals surface area contributed by atoms with Gasteiger partial charge in [-0.1, -0.05) is 19.1 Å². The van der Waals surface area contributed by atoms with Crippen LogP contribution in [0.4, 0.5) is 0 Å². The Morgan fingerprint density at radius 3 is 2.59 bits per heavy atom. The molecule has 2 aromatic rings. The summed E-state index contributed by atoms with van der Waals surface area (Å²) in [6.07, 6.45) is 7.52. The first kappa shape index (κ1) is 16.8. The third-order valence-corrected chi connectivity index (χ3v) is 4.49. The van der Waals surface area contributed by atoms with E-state index in [1.54, 1.807) is 12.1 Å². The first-order chi connectivity index (χ1) is 10.2. The smallest absolute Gasteiger partial charge is 0.174 e. The number of hydrogen-bond acceptors (Lipinski definition) is 2. The predicted octanol–water partition coefficient (Wildman–Crippen LogP) is -0.532. The Morgan fingerprint density at radius 1 is 1.18 bits per heavy atom. The van der Waals surface area contributed by atoms with Crippen LogP contribution in [0.1, 0.15) is 41.5 Å². The molecule has 1 aliphatic carbocycles. The normalized spacial score (nSPS) is 16.2. The van der Waals surface area contributed by atoms with Crippen molar-refractivity contribution >= 4 is 0 Å². The van der Waals surface area contributed by atoms with Gasteiger partial charge in [0.05, 0.1) is 6.61 Å². The third-order valence-electron chi connectivity index (χ3n) is 4.49. The van der Waals surface area contributed by atoms with Crippen molar-refractivity contribution in [2.45, 2.75) is 45.3 Å². The molecule has 1 heterocycles. The summed E-state index contributed by atoms with van der Waals surface area (Å²) in [5, 5.41) is 18.9. The van der Waals surface area contributed by atoms with Gasteiger partial charge in [-0.05, 0) is 42.0 Å². The second kappa shape index (κ2) is 7.12. The molecule has 4 heteroatoms. The molecule has 0 fully saturated rings. The van der Waals surface area contributed by atoms with E-state index in [-0.39, 0.29) is 19.0 Å². The summed E-state index contributed by atoms with van der Waals surface area (Å²) in [6, 6.07) is 7.37. The number of phenols is 1. The monoisotopic (exact) mass is 319 g/mol. The molecule has 0 saturated carbocycles. The number of nitrogens with zero attached hydrogens (tertiary/aromatic N) is 1. The van der Waals surface area contributed by atoms with Gasteiger partial charge in [0, 0.05) is 17.5 Å². The first-order valence-electron chi connectivity index (χ1n) is 7.61. The summed E-state index contributed by atoms with van der Waals surface area (Å²) >= 11 is 0. The summed E-state index contributed by atoms with van der Waals surface area (Å²) in [5.41, 5.74) is 5.03. The lowest BCUT2D eigenvalue weighted by Gasteiger charge is -2.08. The molecule has 3 rings (SSSR count). The molecule has 0 radical (unpaired) electrons. The van der Waals surface area contributed by atoms with Gasteiger partial charge >= 0.3 is 0 Å². The Kier molecular flexibility index (Phi) is 5.43. The number of rotatable bonds is 4. The van der Waals surface area contributed by atoms with E-state index in [0.717, 1.165) is 24.9 Å². The average Bonchev–Trinajstić information content (AvgIpc) is 2.87. The topological polar surface area (TPSA) is 44.3 Å². The molecule has 0 spiro atoms. The maximum Gasteiger partial charge on any atom is 0.174 e. The number of aromatic hydroxyl groups is 1. The minimum absolute atomic E-state index is 0.